The molecule has 8 nitrogen and oxygen atoms in total. The minimum absolute atomic E-state index is 0.0722. The number of fused-ring (bicyclic) bond motifs is 1. The lowest BCUT2D eigenvalue weighted by molar-refractivity contribution is 0.0994. The monoisotopic (exact) mass is 418 g/mol. The fourth-order valence-corrected chi connectivity index (χ4v) is 4.33. The molecule has 0 atom stereocenters. The largest absolute Gasteiger partial charge is 0.490 e. The summed E-state index contributed by atoms with van der Waals surface area (Å²) in [5, 5.41) is 0. The third-order valence-corrected chi connectivity index (χ3v) is 5.97. The first-order chi connectivity index (χ1) is 15.2. The molecular weight excluding hydrogens is 392 g/mol. The molecule has 8 heteroatoms. The molecule has 0 aliphatic carbocycles. The number of pyridine rings is 1. The van der Waals surface area contributed by atoms with Crippen molar-refractivity contribution in [2.24, 2.45) is 5.73 Å². The highest BCUT2D eigenvalue weighted by molar-refractivity contribution is 5.91. The summed E-state index contributed by atoms with van der Waals surface area (Å²) in [4.78, 5) is 30.0. The van der Waals surface area contributed by atoms with Gasteiger partial charge in [-0.2, -0.15) is 0 Å². The summed E-state index contributed by atoms with van der Waals surface area (Å²) < 4.78 is 6.11. The molecule has 0 bridgehead atoms. The van der Waals surface area contributed by atoms with E-state index in [0.717, 1.165) is 61.7 Å². The molecule has 4 heterocycles. The van der Waals surface area contributed by atoms with E-state index in [1.165, 1.54) is 12.8 Å². The maximum atomic E-state index is 11.4. The molecule has 2 saturated heterocycles. The Kier molecular flexibility index (Phi) is 5.28. The van der Waals surface area contributed by atoms with Crippen LogP contribution in [-0.4, -0.2) is 53.1 Å². The van der Waals surface area contributed by atoms with Crippen LogP contribution in [0.1, 0.15) is 36.2 Å². The van der Waals surface area contributed by atoms with Crippen LogP contribution >= 0.6 is 0 Å². The van der Waals surface area contributed by atoms with Gasteiger partial charge in [0.15, 0.2) is 11.6 Å². The Morgan fingerprint density at radius 2 is 1.55 bits per heavy atom. The molecule has 2 aromatic heterocycles. The highest BCUT2D eigenvalue weighted by atomic mass is 16.5. The van der Waals surface area contributed by atoms with Crippen molar-refractivity contribution in [2.75, 3.05) is 36.0 Å². The minimum atomic E-state index is -0.551. The fourth-order valence-electron chi connectivity index (χ4n) is 4.33. The highest BCUT2D eigenvalue weighted by Crippen LogP contribution is 2.32. The molecule has 0 saturated carbocycles. The van der Waals surface area contributed by atoms with E-state index < -0.39 is 5.91 Å². The number of primary amides is 1. The normalized spacial score (nSPS) is 17.3. The van der Waals surface area contributed by atoms with E-state index in [9.17, 15) is 4.79 Å². The number of benzene rings is 1. The van der Waals surface area contributed by atoms with Crippen molar-refractivity contribution >= 4 is 28.6 Å². The van der Waals surface area contributed by atoms with Crippen molar-refractivity contribution in [3.05, 3.63) is 48.3 Å². The summed E-state index contributed by atoms with van der Waals surface area (Å²) in [6, 6.07) is 11.4. The van der Waals surface area contributed by atoms with Crippen LogP contribution in [0.3, 0.4) is 0 Å². The average Bonchev–Trinajstić information content (AvgIpc) is 3.34. The molecule has 3 aromatic rings. The number of ether oxygens (including phenoxy) is 1. The van der Waals surface area contributed by atoms with Gasteiger partial charge in [-0.25, -0.2) is 9.97 Å². The summed E-state index contributed by atoms with van der Waals surface area (Å²) in [6.07, 6.45) is 5.75. The zero-order valence-electron chi connectivity index (χ0n) is 17.4. The van der Waals surface area contributed by atoms with E-state index in [2.05, 4.69) is 14.8 Å². The first-order valence-electron chi connectivity index (χ1n) is 10.9. The van der Waals surface area contributed by atoms with Crippen LogP contribution in [-0.2, 0) is 0 Å². The van der Waals surface area contributed by atoms with E-state index in [-0.39, 0.29) is 11.8 Å². The van der Waals surface area contributed by atoms with Gasteiger partial charge >= 0.3 is 0 Å². The van der Waals surface area contributed by atoms with Crippen LogP contribution in [0.25, 0.3) is 11.0 Å². The summed E-state index contributed by atoms with van der Waals surface area (Å²) in [5.74, 6) is 2.05. The molecule has 5 rings (SSSR count). The average molecular weight is 419 g/mol. The van der Waals surface area contributed by atoms with Gasteiger partial charge in [0.1, 0.15) is 17.5 Å². The summed E-state index contributed by atoms with van der Waals surface area (Å²) in [5.41, 5.74) is 7.41. The second-order valence-corrected chi connectivity index (χ2v) is 8.10. The smallest absolute Gasteiger partial charge is 0.267 e. The quantitative estimate of drug-likeness (QED) is 0.680. The number of piperidine rings is 1. The number of nitrogens with zero attached hydrogens (tertiary/aromatic N) is 5. The molecule has 1 aromatic carbocycles. The number of carbonyl (C=O) groups is 1. The van der Waals surface area contributed by atoms with Crippen molar-refractivity contribution in [3.8, 4) is 5.75 Å². The van der Waals surface area contributed by atoms with Gasteiger partial charge in [-0.3, -0.25) is 9.78 Å². The number of anilines is 2. The fraction of sp³-hybridized carbons (Fsp3) is 0.391. The van der Waals surface area contributed by atoms with Crippen LogP contribution in [0.5, 0.6) is 5.75 Å². The molecule has 1 amide bonds. The number of hydrogen-bond donors (Lipinski definition) is 1. The zero-order valence-corrected chi connectivity index (χ0v) is 17.4. The SMILES string of the molecule is NC(=O)c1cc(OC2CCN(c3nc4ccccc4nc3N3CCCC3)CC2)ccn1. The standard InChI is InChI=1S/C23H26N6O2/c24-21(30)20-15-17(7-10-25-20)31-16-8-13-29(14-9-16)23-22(28-11-3-4-12-28)26-18-5-1-2-6-19(18)27-23/h1-2,5-7,10,15-16H,3-4,8-9,11-14H2,(H2,24,30). The molecule has 0 unspecified atom stereocenters. The predicted octanol–water partition coefficient (Wildman–Crippen LogP) is 2.77. The van der Waals surface area contributed by atoms with Crippen molar-refractivity contribution in [3.63, 3.8) is 0 Å². The lowest BCUT2D eigenvalue weighted by Gasteiger charge is -2.35. The van der Waals surface area contributed by atoms with Crippen LogP contribution in [0, 0.1) is 0 Å². The Labute approximate surface area is 181 Å². The van der Waals surface area contributed by atoms with Crippen LogP contribution in [0.4, 0.5) is 11.6 Å². The molecule has 2 aliphatic rings. The number of rotatable bonds is 5. The second kappa shape index (κ2) is 8.37. The molecular formula is C23H26N6O2. The van der Waals surface area contributed by atoms with E-state index >= 15 is 0 Å². The van der Waals surface area contributed by atoms with E-state index in [0.29, 0.717) is 5.75 Å². The molecule has 0 spiro atoms. The summed E-state index contributed by atoms with van der Waals surface area (Å²) in [6.45, 7) is 3.74. The Hall–Kier alpha value is -3.42. The molecule has 2 fully saturated rings. The number of para-hydroxylation sites is 2. The Morgan fingerprint density at radius 3 is 2.16 bits per heavy atom. The number of nitrogens with two attached hydrogens (primary N) is 1. The first-order valence-corrected chi connectivity index (χ1v) is 10.9. The highest BCUT2D eigenvalue weighted by Gasteiger charge is 2.27. The van der Waals surface area contributed by atoms with Crippen molar-refractivity contribution in [2.45, 2.75) is 31.8 Å². The van der Waals surface area contributed by atoms with Gasteiger partial charge < -0.3 is 20.3 Å². The lowest BCUT2D eigenvalue weighted by Crippen LogP contribution is -2.39. The molecule has 2 aliphatic heterocycles. The lowest BCUT2D eigenvalue weighted by atomic mass is 10.1. The number of amides is 1. The Morgan fingerprint density at radius 1 is 0.935 bits per heavy atom. The van der Waals surface area contributed by atoms with Crippen LogP contribution in [0.2, 0.25) is 0 Å². The maximum absolute atomic E-state index is 11.4. The van der Waals surface area contributed by atoms with Crippen LogP contribution < -0.4 is 20.3 Å². The Bertz CT molecular complexity index is 1090. The number of hydrogen-bond acceptors (Lipinski definition) is 7. The zero-order chi connectivity index (χ0) is 21.2. The van der Waals surface area contributed by atoms with E-state index in [4.69, 9.17) is 20.4 Å². The molecule has 160 valence electrons. The van der Waals surface area contributed by atoms with Gasteiger partial charge in [0.25, 0.3) is 5.91 Å². The molecule has 0 radical (unpaired) electrons. The third-order valence-electron chi connectivity index (χ3n) is 5.97. The van der Waals surface area contributed by atoms with Gasteiger partial charge in [0.05, 0.1) is 11.0 Å². The van der Waals surface area contributed by atoms with E-state index in [1.54, 1.807) is 18.3 Å². The Balaban J connectivity index is 1.33. The van der Waals surface area contributed by atoms with Gasteiger partial charge in [0.2, 0.25) is 0 Å². The van der Waals surface area contributed by atoms with Crippen molar-refractivity contribution < 1.29 is 9.53 Å². The predicted molar refractivity (Wildman–Crippen MR) is 120 cm³/mol. The van der Waals surface area contributed by atoms with Crippen molar-refractivity contribution in [1.29, 1.82) is 0 Å². The molecule has 31 heavy (non-hydrogen) atoms. The topological polar surface area (TPSA) is 97.5 Å². The van der Waals surface area contributed by atoms with Gasteiger partial charge in [-0.15, -0.1) is 0 Å². The number of carbonyl (C=O) groups excluding carboxylic acids is 1. The van der Waals surface area contributed by atoms with Gasteiger partial charge in [0, 0.05) is 51.3 Å². The second-order valence-electron chi connectivity index (χ2n) is 8.10. The maximum Gasteiger partial charge on any atom is 0.267 e. The van der Waals surface area contributed by atoms with Crippen molar-refractivity contribution in [1.82, 2.24) is 15.0 Å². The molecule has 2 N–H and O–H groups in total. The van der Waals surface area contributed by atoms with Crippen LogP contribution in [0.15, 0.2) is 42.6 Å². The third kappa shape index (κ3) is 4.10. The van der Waals surface area contributed by atoms with Gasteiger partial charge in [-0.05, 0) is 31.0 Å². The summed E-state index contributed by atoms with van der Waals surface area (Å²) >= 11 is 0. The van der Waals surface area contributed by atoms with Gasteiger partial charge in [-0.1, -0.05) is 12.1 Å². The summed E-state index contributed by atoms with van der Waals surface area (Å²) in [7, 11) is 0. The number of aromatic nitrogens is 3. The minimum Gasteiger partial charge on any atom is -0.490 e. The van der Waals surface area contributed by atoms with E-state index in [1.807, 2.05) is 24.3 Å². The first kappa shape index (κ1) is 19.5.